The molecule has 4 nitrogen and oxygen atoms in total. The molecule has 0 aliphatic heterocycles. The summed E-state index contributed by atoms with van der Waals surface area (Å²) >= 11 is 0. The second kappa shape index (κ2) is 18.3. The van der Waals surface area contributed by atoms with Crippen molar-refractivity contribution in [3.63, 3.8) is 0 Å². The molecular weight excluding hydrogens is 443 g/mol. The van der Waals surface area contributed by atoms with E-state index in [9.17, 15) is 22.8 Å². The Morgan fingerprint density at radius 2 is 1.21 bits per heavy atom. The summed E-state index contributed by atoms with van der Waals surface area (Å²) < 4.78 is 40.7. The van der Waals surface area contributed by atoms with Gasteiger partial charge in [0.1, 0.15) is 0 Å². The summed E-state index contributed by atoms with van der Waals surface area (Å²) in [5.41, 5.74) is 1.60. The molecule has 0 aromatic heterocycles. The van der Waals surface area contributed by atoms with E-state index < -0.39 is 12.6 Å². The van der Waals surface area contributed by atoms with Gasteiger partial charge in [-0.05, 0) is 37.1 Å². The summed E-state index contributed by atoms with van der Waals surface area (Å²) in [6.07, 6.45) is 9.40. The molecule has 0 atom stereocenters. The maximum absolute atomic E-state index is 12.1. The topological polar surface area (TPSA) is 55.4 Å². The van der Waals surface area contributed by atoms with Crippen molar-refractivity contribution in [2.45, 2.75) is 109 Å². The van der Waals surface area contributed by atoms with E-state index in [-0.39, 0.29) is 31.0 Å². The van der Waals surface area contributed by atoms with E-state index in [1.807, 2.05) is 12.1 Å². The van der Waals surface area contributed by atoms with Gasteiger partial charge in [0.15, 0.2) is 5.78 Å². The zero-order chi connectivity index (χ0) is 25.1. The Morgan fingerprint density at radius 1 is 0.735 bits per heavy atom. The molecule has 1 aromatic carbocycles. The number of hydrogen-bond donors (Lipinski definition) is 1. The fraction of sp³-hybridized carbons (Fsp3) is 0.704. The number of rotatable bonds is 20. The van der Waals surface area contributed by atoms with Crippen LogP contribution in [-0.4, -0.2) is 31.6 Å². The number of esters is 1. The van der Waals surface area contributed by atoms with Crippen LogP contribution in [0.25, 0.3) is 0 Å². The number of ketones is 1. The van der Waals surface area contributed by atoms with Crippen molar-refractivity contribution in [2.75, 3.05) is 19.0 Å². The van der Waals surface area contributed by atoms with Crippen LogP contribution in [-0.2, 0) is 9.53 Å². The lowest BCUT2D eigenvalue weighted by molar-refractivity contribution is -0.140. The third-order valence-electron chi connectivity index (χ3n) is 5.96. The number of alkyl halides is 3. The molecule has 0 radical (unpaired) electrons. The highest BCUT2D eigenvalue weighted by Gasteiger charge is 2.25. The van der Waals surface area contributed by atoms with Crippen LogP contribution in [0.3, 0.4) is 0 Å². The molecule has 0 amide bonds. The van der Waals surface area contributed by atoms with E-state index in [2.05, 4.69) is 10.1 Å². The standard InChI is InChI=1S/C27H42F3NO3/c1-34-26(33)20-19-25(32)23-15-17-24(18-16-23)31-22-14-12-10-8-6-4-2-3-5-7-9-11-13-21-27(28,29)30/h15-18,31H,2-14,19-22H2,1H3. The van der Waals surface area contributed by atoms with Crippen molar-refractivity contribution >= 4 is 17.4 Å². The number of hydrogen-bond acceptors (Lipinski definition) is 4. The number of halogens is 3. The molecule has 194 valence electrons. The van der Waals surface area contributed by atoms with Gasteiger partial charge < -0.3 is 10.1 Å². The Hall–Kier alpha value is -2.05. The number of benzene rings is 1. The maximum Gasteiger partial charge on any atom is 0.389 e. The highest BCUT2D eigenvalue weighted by atomic mass is 19.4. The van der Waals surface area contributed by atoms with Crippen LogP contribution in [0.2, 0.25) is 0 Å². The van der Waals surface area contributed by atoms with Crippen LogP contribution in [0.15, 0.2) is 24.3 Å². The number of carbonyl (C=O) groups is 2. The van der Waals surface area contributed by atoms with E-state index in [0.717, 1.165) is 37.9 Å². The lowest BCUT2D eigenvalue weighted by Gasteiger charge is -2.08. The molecule has 0 heterocycles. The van der Waals surface area contributed by atoms with Crippen LogP contribution in [0.5, 0.6) is 0 Å². The summed E-state index contributed by atoms with van der Waals surface area (Å²) in [6.45, 7) is 0.901. The van der Waals surface area contributed by atoms with Gasteiger partial charge in [-0.25, -0.2) is 0 Å². The fourth-order valence-electron chi connectivity index (χ4n) is 3.86. The Labute approximate surface area is 203 Å². The lowest BCUT2D eigenvalue weighted by atomic mass is 10.0. The first-order valence-corrected chi connectivity index (χ1v) is 12.8. The zero-order valence-electron chi connectivity index (χ0n) is 20.7. The average molecular weight is 486 g/mol. The van der Waals surface area contributed by atoms with Crippen LogP contribution >= 0.6 is 0 Å². The van der Waals surface area contributed by atoms with Gasteiger partial charge in [-0.15, -0.1) is 0 Å². The van der Waals surface area contributed by atoms with Crippen molar-refractivity contribution in [1.29, 1.82) is 0 Å². The maximum atomic E-state index is 12.1. The first-order chi connectivity index (χ1) is 16.3. The predicted molar refractivity (Wildman–Crippen MR) is 131 cm³/mol. The molecule has 7 heteroatoms. The monoisotopic (exact) mass is 485 g/mol. The van der Waals surface area contributed by atoms with Crippen molar-refractivity contribution in [3.05, 3.63) is 29.8 Å². The number of Topliss-reactive ketones (excluding diaryl/α,β-unsaturated/α-hetero) is 1. The Balaban J connectivity index is 1.91. The number of anilines is 1. The Kier molecular flexibility index (Phi) is 16.1. The quantitative estimate of drug-likeness (QED) is 0.115. The first kappa shape index (κ1) is 30.0. The van der Waals surface area contributed by atoms with Crippen LogP contribution < -0.4 is 5.32 Å². The average Bonchev–Trinajstić information content (AvgIpc) is 2.81. The molecule has 1 aromatic rings. The molecule has 0 fully saturated rings. The number of unbranched alkanes of at least 4 members (excludes halogenated alkanes) is 12. The van der Waals surface area contributed by atoms with Gasteiger partial charge >= 0.3 is 12.1 Å². The van der Waals surface area contributed by atoms with Crippen molar-refractivity contribution in [3.8, 4) is 0 Å². The van der Waals surface area contributed by atoms with Gasteiger partial charge in [-0.3, -0.25) is 9.59 Å². The van der Waals surface area contributed by atoms with E-state index in [1.165, 1.54) is 52.1 Å². The van der Waals surface area contributed by atoms with Gasteiger partial charge in [-0.1, -0.05) is 70.6 Å². The van der Waals surface area contributed by atoms with E-state index >= 15 is 0 Å². The predicted octanol–water partition coefficient (Wildman–Crippen LogP) is 8.26. The molecule has 0 saturated carbocycles. The zero-order valence-corrected chi connectivity index (χ0v) is 20.7. The molecule has 1 N–H and O–H groups in total. The van der Waals surface area contributed by atoms with Crippen molar-refractivity contribution < 1.29 is 27.5 Å². The lowest BCUT2D eigenvalue weighted by Crippen LogP contribution is -2.06. The van der Waals surface area contributed by atoms with Crippen molar-refractivity contribution in [1.82, 2.24) is 0 Å². The highest BCUT2D eigenvalue weighted by Crippen LogP contribution is 2.23. The van der Waals surface area contributed by atoms with Crippen LogP contribution in [0.1, 0.15) is 113 Å². The second-order valence-electron chi connectivity index (χ2n) is 8.96. The summed E-state index contributed by atoms with van der Waals surface area (Å²) in [5.74, 6) is -0.433. The van der Waals surface area contributed by atoms with Gasteiger partial charge in [0.2, 0.25) is 0 Å². The largest absolute Gasteiger partial charge is 0.469 e. The molecule has 0 spiro atoms. The molecule has 1 rings (SSSR count). The molecule has 0 aliphatic rings. The normalized spacial score (nSPS) is 11.4. The van der Waals surface area contributed by atoms with Crippen LogP contribution in [0.4, 0.5) is 18.9 Å². The highest BCUT2D eigenvalue weighted by molar-refractivity contribution is 5.97. The molecule has 0 aliphatic carbocycles. The molecular formula is C27H42F3NO3. The second-order valence-corrected chi connectivity index (χ2v) is 8.96. The van der Waals surface area contributed by atoms with Gasteiger partial charge in [0.25, 0.3) is 0 Å². The fourth-order valence-corrected chi connectivity index (χ4v) is 3.86. The number of nitrogens with one attached hydrogen (secondary N) is 1. The van der Waals surface area contributed by atoms with E-state index in [4.69, 9.17) is 0 Å². The summed E-state index contributed by atoms with van der Waals surface area (Å²) in [5, 5.41) is 3.38. The third kappa shape index (κ3) is 16.5. The summed E-state index contributed by atoms with van der Waals surface area (Å²) in [4.78, 5) is 23.2. The minimum atomic E-state index is -4.00. The minimum absolute atomic E-state index is 0.0585. The SMILES string of the molecule is COC(=O)CCC(=O)c1ccc(NCCCCCCCCCCCCCCCC(F)(F)F)cc1. The smallest absolute Gasteiger partial charge is 0.389 e. The van der Waals surface area contributed by atoms with Gasteiger partial charge in [-0.2, -0.15) is 13.2 Å². The molecule has 0 saturated heterocycles. The number of ether oxygens (including phenoxy) is 1. The van der Waals surface area contributed by atoms with Crippen molar-refractivity contribution in [2.24, 2.45) is 0 Å². The van der Waals surface area contributed by atoms with E-state index in [0.29, 0.717) is 12.0 Å². The van der Waals surface area contributed by atoms with Gasteiger partial charge in [0, 0.05) is 30.6 Å². The van der Waals surface area contributed by atoms with Crippen LogP contribution in [0, 0.1) is 0 Å². The number of methoxy groups -OCH3 is 1. The summed E-state index contributed by atoms with van der Waals surface area (Å²) in [7, 11) is 1.32. The van der Waals surface area contributed by atoms with Gasteiger partial charge in [0.05, 0.1) is 13.5 Å². The number of carbonyl (C=O) groups excluding carboxylic acids is 2. The molecule has 0 bridgehead atoms. The third-order valence-corrected chi connectivity index (χ3v) is 5.96. The Bertz CT molecular complexity index is 675. The minimum Gasteiger partial charge on any atom is -0.469 e. The molecule has 34 heavy (non-hydrogen) atoms. The Morgan fingerprint density at radius 3 is 1.68 bits per heavy atom. The first-order valence-electron chi connectivity index (χ1n) is 12.8. The summed E-state index contributed by atoms with van der Waals surface area (Å²) in [6, 6.07) is 7.37. The molecule has 0 unspecified atom stereocenters. The van der Waals surface area contributed by atoms with E-state index in [1.54, 1.807) is 12.1 Å².